The van der Waals surface area contributed by atoms with Crippen molar-refractivity contribution in [3.63, 3.8) is 0 Å². The highest BCUT2D eigenvalue weighted by molar-refractivity contribution is 4.92. The van der Waals surface area contributed by atoms with Crippen molar-refractivity contribution in [2.45, 2.75) is 25.8 Å². The third-order valence-corrected chi connectivity index (χ3v) is 1.77. The van der Waals surface area contributed by atoms with Crippen LogP contribution in [0.5, 0.6) is 0 Å². The minimum Gasteiger partial charge on any atom is -0.396 e. The number of rotatable bonds is 6. The molecular weight excluding hydrogens is 168 g/mol. The largest absolute Gasteiger partial charge is 0.396 e. The van der Waals surface area contributed by atoms with Crippen LogP contribution in [-0.2, 0) is 13.0 Å². The van der Waals surface area contributed by atoms with Crippen molar-refractivity contribution in [1.82, 2.24) is 15.0 Å². The topological polar surface area (TPSA) is 77.0 Å². The lowest BCUT2D eigenvalue weighted by molar-refractivity contribution is 0.276. The molecule has 0 spiro atoms. The van der Waals surface area contributed by atoms with Gasteiger partial charge in [-0.05, 0) is 25.8 Å². The summed E-state index contributed by atoms with van der Waals surface area (Å²) >= 11 is 0. The Bertz CT molecular complexity index is 213. The average molecular weight is 184 g/mol. The molecule has 0 aliphatic heterocycles. The van der Waals surface area contributed by atoms with Gasteiger partial charge in [0.05, 0.1) is 5.69 Å². The molecule has 0 amide bonds. The zero-order chi connectivity index (χ0) is 9.52. The van der Waals surface area contributed by atoms with Crippen molar-refractivity contribution in [3.8, 4) is 0 Å². The van der Waals surface area contributed by atoms with Gasteiger partial charge >= 0.3 is 0 Å². The molecule has 0 aliphatic carbocycles. The first-order chi connectivity index (χ1) is 6.36. The van der Waals surface area contributed by atoms with Gasteiger partial charge in [-0.15, -0.1) is 5.10 Å². The maximum Gasteiger partial charge on any atom is 0.0827 e. The third-order valence-electron chi connectivity index (χ3n) is 1.77. The molecule has 0 aromatic carbocycles. The van der Waals surface area contributed by atoms with Gasteiger partial charge < -0.3 is 10.8 Å². The van der Waals surface area contributed by atoms with Crippen LogP contribution in [0.2, 0.25) is 0 Å². The summed E-state index contributed by atoms with van der Waals surface area (Å²) in [7, 11) is 0. The van der Waals surface area contributed by atoms with Crippen LogP contribution in [0.4, 0.5) is 0 Å². The number of aryl methyl sites for hydroxylation is 2. The first-order valence-corrected chi connectivity index (χ1v) is 4.56. The fourth-order valence-electron chi connectivity index (χ4n) is 1.08. The molecule has 0 fully saturated rings. The predicted octanol–water partition coefficient (Wildman–Crippen LogP) is -0.448. The Kier molecular flexibility index (Phi) is 4.42. The van der Waals surface area contributed by atoms with Crippen molar-refractivity contribution in [3.05, 3.63) is 11.9 Å². The molecule has 0 bridgehead atoms. The summed E-state index contributed by atoms with van der Waals surface area (Å²) in [5.41, 5.74) is 6.35. The summed E-state index contributed by atoms with van der Waals surface area (Å²) in [6, 6.07) is 0. The smallest absolute Gasteiger partial charge is 0.0827 e. The highest BCUT2D eigenvalue weighted by Crippen LogP contribution is 1.97. The highest BCUT2D eigenvalue weighted by Gasteiger charge is 1.98. The summed E-state index contributed by atoms with van der Waals surface area (Å²) in [6.45, 7) is 1.60. The van der Waals surface area contributed by atoms with E-state index in [0.29, 0.717) is 6.54 Å². The first kappa shape index (κ1) is 10.1. The van der Waals surface area contributed by atoms with Gasteiger partial charge in [0, 0.05) is 19.3 Å². The molecule has 0 saturated carbocycles. The number of hydrogen-bond acceptors (Lipinski definition) is 4. The van der Waals surface area contributed by atoms with E-state index in [4.69, 9.17) is 10.8 Å². The Labute approximate surface area is 77.6 Å². The Morgan fingerprint density at radius 1 is 1.46 bits per heavy atom. The molecule has 0 saturated heterocycles. The van der Waals surface area contributed by atoms with Gasteiger partial charge in [0.15, 0.2) is 0 Å². The molecule has 1 rings (SSSR count). The first-order valence-electron chi connectivity index (χ1n) is 4.56. The highest BCUT2D eigenvalue weighted by atomic mass is 16.3. The zero-order valence-electron chi connectivity index (χ0n) is 7.69. The van der Waals surface area contributed by atoms with Gasteiger partial charge in [0.1, 0.15) is 0 Å². The van der Waals surface area contributed by atoms with Crippen LogP contribution in [0.1, 0.15) is 18.5 Å². The Hall–Kier alpha value is -0.940. The van der Waals surface area contributed by atoms with Crippen LogP contribution >= 0.6 is 0 Å². The lowest BCUT2D eigenvalue weighted by atomic mass is 10.2. The van der Waals surface area contributed by atoms with E-state index in [2.05, 4.69) is 10.3 Å². The predicted molar refractivity (Wildman–Crippen MR) is 49.1 cm³/mol. The van der Waals surface area contributed by atoms with Gasteiger partial charge in [0.2, 0.25) is 0 Å². The average Bonchev–Trinajstić information content (AvgIpc) is 2.59. The van der Waals surface area contributed by atoms with Gasteiger partial charge in [-0.25, -0.2) is 0 Å². The molecule has 0 unspecified atom stereocenters. The number of aromatic nitrogens is 3. The van der Waals surface area contributed by atoms with Gasteiger partial charge in [-0.2, -0.15) is 0 Å². The van der Waals surface area contributed by atoms with Crippen LogP contribution in [0, 0.1) is 0 Å². The van der Waals surface area contributed by atoms with E-state index >= 15 is 0 Å². The molecule has 5 nitrogen and oxygen atoms in total. The maximum absolute atomic E-state index is 8.60. The summed E-state index contributed by atoms with van der Waals surface area (Å²) in [5.74, 6) is 0. The van der Waals surface area contributed by atoms with Crippen molar-refractivity contribution in [2.75, 3.05) is 13.2 Å². The molecule has 3 N–H and O–H groups in total. The quantitative estimate of drug-likeness (QED) is 0.628. The van der Waals surface area contributed by atoms with Crippen LogP contribution in [0.15, 0.2) is 6.20 Å². The van der Waals surface area contributed by atoms with Crippen molar-refractivity contribution in [2.24, 2.45) is 5.73 Å². The maximum atomic E-state index is 8.60. The number of nitrogens with zero attached hydrogens (tertiary/aromatic N) is 3. The number of nitrogens with two attached hydrogens (primary N) is 1. The van der Waals surface area contributed by atoms with E-state index in [9.17, 15) is 0 Å². The van der Waals surface area contributed by atoms with Crippen molar-refractivity contribution in [1.29, 1.82) is 0 Å². The van der Waals surface area contributed by atoms with Crippen LogP contribution in [0.25, 0.3) is 0 Å². The molecule has 13 heavy (non-hydrogen) atoms. The molecule has 0 radical (unpaired) electrons. The SMILES string of the molecule is NCCCc1cn(CCCO)nn1. The van der Waals surface area contributed by atoms with Crippen molar-refractivity contribution < 1.29 is 5.11 Å². The molecule has 1 aromatic heterocycles. The van der Waals surface area contributed by atoms with Gasteiger partial charge in [-0.3, -0.25) is 4.68 Å². The van der Waals surface area contributed by atoms with Gasteiger partial charge in [0.25, 0.3) is 0 Å². The molecule has 0 aliphatic rings. The fraction of sp³-hybridized carbons (Fsp3) is 0.750. The summed E-state index contributed by atoms with van der Waals surface area (Å²) in [4.78, 5) is 0. The van der Waals surface area contributed by atoms with E-state index < -0.39 is 0 Å². The Balaban J connectivity index is 2.34. The van der Waals surface area contributed by atoms with Crippen LogP contribution in [0.3, 0.4) is 0 Å². The zero-order valence-corrected chi connectivity index (χ0v) is 7.69. The normalized spacial score (nSPS) is 10.6. The van der Waals surface area contributed by atoms with Crippen LogP contribution < -0.4 is 5.73 Å². The van der Waals surface area contributed by atoms with E-state index in [1.54, 1.807) is 4.68 Å². The number of hydrogen-bond donors (Lipinski definition) is 2. The van der Waals surface area contributed by atoms with Crippen molar-refractivity contribution >= 4 is 0 Å². The standard InChI is InChI=1S/C8H16N4O/c9-4-1-3-8-7-12(11-10-8)5-2-6-13/h7,13H,1-6,9H2. The molecule has 1 heterocycles. The second kappa shape index (κ2) is 5.66. The molecule has 1 aromatic rings. The lowest BCUT2D eigenvalue weighted by Crippen LogP contribution is -2.01. The molecule has 5 heteroatoms. The molecular formula is C8H16N4O. The molecule has 0 atom stereocenters. The monoisotopic (exact) mass is 184 g/mol. The second-order valence-electron chi connectivity index (χ2n) is 2.94. The van der Waals surface area contributed by atoms with Crippen LogP contribution in [-0.4, -0.2) is 33.3 Å². The third kappa shape index (κ3) is 3.52. The summed E-state index contributed by atoms with van der Waals surface area (Å²) < 4.78 is 1.75. The summed E-state index contributed by atoms with van der Waals surface area (Å²) in [6.07, 6.45) is 4.46. The van der Waals surface area contributed by atoms with E-state index in [1.165, 1.54) is 0 Å². The minimum atomic E-state index is 0.192. The second-order valence-corrected chi connectivity index (χ2v) is 2.94. The van der Waals surface area contributed by atoms with E-state index in [1.807, 2.05) is 6.20 Å². The number of aliphatic hydroxyl groups is 1. The summed E-state index contributed by atoms with van der Waals surface area (Å²) in [5, 5.41) is 16.5. The number of aliphatic hydroxyl groups excluding tert-OH is 1. The minimum absolute atomic E-state index is 0.192. The van der Waals surface area contributed by atoms with E-state index in [0.717, 1.165) is 31.5 Å². The fourth-order valence-corrected chi connectivity index (χ4v) is 1.08. The molecule has 74 valence electrons. The Morgan fingerprint density at radius 3 is 3.00 bits per heavy atom. The lowest BCUT2D eigenvalue weighted by Gasteiger charge is -1.95. The van der Waals surface area contributed by atoms with E-state index in [-0.39, 0.29) is 6.61 Å². The van der Waals surface area contributed by atoms with Gasteiger partial charge in [-0.1, -0.05) is 5.21 Å². The Morgan fingerprint density at radius 2 is 2.31 bits per heavy atom.